The van der Waals surface area contributed by atoms with E-state index in [1.54, 1.807) is 0 Å². The van der Waals surface area contributed by atoms with E-state index in [1.807, 2.05) is 0 Å². The first-order chi connectivity index (χ1) is 9.02. The van der Waals surface area contributed by atoms with Gasteiger partial charge in [-0.2, -0.15) is 0 Å². The van der Waals surface area contributed by atoms with Gasteiger partial charge in [-0.1, -0.05) is 38.1 Å². The van der Waals surface area contributed by atoms with Crippen LogP contribution in [0.1, 0.15) is 38.8 Å². The number of rotatable bonds is 4. The van der Waals surface area contributed by atoms with Crippen molar-refractivity contribution in [3.05, 3.63) is 35.4 Å². The number of aryl methyl sites for hydroxylation is 1. The van der Waals surface area contributed by atoms with Crippen LogP contribution in [-0.4, -0.2) is 23.4 Å². The maximum Gasteiger partial charge on any atom is 0.0636 e. The highest BCUT2D eigenvalue weighted by Crippen LogP contribution is 2.35. The van der Waals surface area contributed by atoms with E-state index in [0.717, 1.165) is 12.8 Å². The molecule has 2 nitrogen and oxygen atoms in total. The summed E-state index contributed by atoms with van der Waals surface area (Å²) in [4.78, 5) is 0. The Bertz CT molecular complexity index is 398. The third-order valence-electron chi connectivity index (χ3n) is 4.64. The Labute approximate surface area is 116 Å². The molecule has 5 unspecified atom stereocenters. The van der Waals surface area contributed by atoms with Crippen molar-refractivity contribution in [3.63, 3.8) is 0 Å². The van der Waals surface area contributed by atoms with Gasteiger partial charge in [0.15, 0.2) is 0 Å². The van der Waals surface area contributed by atoms with Crippen molar-refractivity contribution in [1.29, 1.82) is 0 Å². The van der Waals surface area contributed by atoms with Crippen molar-refractivity contribution in [2.45, 2.75) is 58.8 Å². The highest BCUT2D eigenvalue weighted by molar-refractivity contribution is 5.23. The van der Waals surface area contributed by atoms with Gasteiger partial charge >= 0.3 is 0 Å². The maximum atomic E-state index is 10.5. The number of ether oxygens (including phenoxy) is 1. The first-order valence-corrected chi connectivity index (χ1v) is 7.44. The molecule has 19 heavy (non-hydrogen) atoms. The lowest BCUT2D eigenvalue weighted by molar-refractivity contribution is 0.0240. The fourth-order valence-electron chi connectivity index (χ4n) is 3.25. The highest BCUT2D eigenvalue weighted by Gasteiger charge is 2.40. The minimum atomic E-state index is -0.317. The van der Waals surface area contributed by atoms with E-state index in [-0.39, 0.29) is 24.2 Å². The average molecular weight is 262 g/mol. The SMILES string of the molecule is CCc1ccc(CC(O)C2C(C)OC(C)C2C)cc1. The summed E-state index contributed by atoms with van der Waals surface area (Å²) in [6.45, 7) is 8.52. The summed E-state index contributed by atoms with van der Waals surface area (Å²) in [6, 6.07) is 8.58. The van der Waals surface area contributed by atoms with Gasteiger partial charge in [0.1, 0.15) is 0 Å². The molecule has 106 valence electrons. The van der Waals surface area contributed by atoms with Crippen molar-refractivity contribution in [2.75, 3.05) is 0 Å². The number of benzene rings is 1. The zero-order chi connectivity index (χ0) is 14.0. The summed E-state index contributed by atoms with van der Waals surface area (Å²) in [5.41, 5.74) is 2.56. The van der Waals surface area contributed by atoms with Gasteiger partial charge in [0.05, 0.1) is 18.3 Å². The van der Waals surface area contributed by atoms with Crippen LogP contribution in [0.3, 0.4) is 0 Å². The molecule has 0 radical (unpaired) electrons. The zero-order valence-electron chi connectivity index (χ0n) is 12.5. The minimum absolute atomic E-state index is 0.148. The Hall–Kier alpha value is -0.860. The lowest BCUT2D eigenvalue weighted by Crippen LogP contribution is -2.32. The van der Waals surface area contributed by atoms with Crippen molar-refractivity contribution in [1.82, 2.24) is 0 Å². The van der Waals surface area contributed by atoms with Crippen LogP contribution in [0, 0.1) is 11.8 Å². The van der Waals surface area contributed by atoms with Crippen molar-refractivity contribution in [2.24, 2.45) is 11.8 Å². The zero-order valence-corrected chi connectivity index (χ0v) is 12.5. The molecule has 0 spiro atoms. The van der Waals surface area contributed by atoms with Crippen LogP contribution in [0.15, 0.2) is 24.3 Å². The van der Waals surface area contributed by atoms with Crippen molar-refractivity contribution in [3.8, 4) is 0 Å². The second-order valence-corrected chi connectivity index (χ2v) is 5.92. The highest BCUT2D eigenvalue weighted by atomic mass is 16.5. The molecule has 2 rings (SSSR count). The molecule has 1 fully saturated rings. The second kappa shape index (κ2) is 6.06. The Morgan fingerprint density at radius 3 is 2.11 bits per heavy atom. The number of aliphatic hydroxyl groups excluding tert-OH is 1. The summed E-state index contributed by atoms with van der Waals surface area (Å²) < 4.78 is 5.82. The molecular formula is C17H26O2. The van der Waals surface area contributed by atoms with Gasteiger partial charge in [0.2, 0.25) is 0 Å². The van der Waals surface area contributed by atoms with E-state index in [2.05, 4.69) is 52.0 Å². The molecule has 0 amide bonds. The standard InChI is InChI=1S/C17H26O2/c1-5-14-6-8-15(9-7-14)10-16(18)17-11(2)12(3)19-13(17)4/h6-9,11-13,16-18H,5,10H2,1-4H3. The van der Waals surface area contributed by atoms with E-state index >= 15 is 0 Å². The molecule has 0 bridgehead atoms. The number of hydrogen-bond acceptors (Lipinski definition) is 2. The molecule has 1 aliphatic rings. The van der Waals surface area contributed by atoms with Crippen LogP contribution < -0.4 is 0 Å². The molecule has 1 aromatic rings. The van der Waals surface area contributed by atoms with Crippen LogP contribution in [0.4, 0.5) is 0 Å². The van der Waals surface area contributed by atoms with Crippen LogP contribution in [0.2, 0.25) is 0 Å². The first kappa shape index (κ1) is 14.5. The van der Waals surface area contributed by atoms with Gasteiger partial charge in [-0.15, -0.1) is 0 Å². The quantitative estimate of drug-likeness (QED) is 0.903. The molecule has 2 heteroatoms. The Morgan fingerprint density at radius 1 is 1.05 bits per heavy atom. The molecular weight excluding hydrogens is 236 g/mol. The largest absolute Gasteiger partial charge is 0.392 e. The van der Waals surface area contributed by atoms with E-state index in [0.29, 0.717) is 5.92 Å². The summed E-state index contributed by atoms with van der Waals surface area (Å²) in [6.07, 6.45) is 1.86. The van der Waals surface area contributed by atoms with Crippen molar-refractivity contribution >= 4 is 0 Å². The maximum absolute atomic E-state index is 10.5. The predicted octanol–water partition coefficient (Wildman–Crippen LogP) is 3.21. The topological polar surface area (TPSA) is 29.5 Å². The van der Waals surface area contributed by atoms with E-state index < -0.39 is 0 Å². The minimum Gasteiger partial charge on any atom is -0.392 e. The van der Waals surface area contributed by atoms with Crippen LogP contribution in [0.25, 0.3) is 0 Å². The lowest BCUT2D eigenvalue weighted by Gasteiger charge is -2.24. The van der Waals surface area contributed by atoms with Gasteiger partial charge in [-0.05, 0) is 43.7 Å². The molecule has 1 N–H and O–H groups in total. The molecule has 0 aliphatic carbocycles. The second-order valence-electron chi connectivity index (χ2n) is 5.92. The fraction of sp³-hybridized carbons (Fsp3) is 0.647. The van der Waals surface area contributed by atoms with Gasteiger partial charge in [0, 0.05) is 5.92 Å². The Morgan fingerprint density at radius 2 is 1.63 bits per heavy atom. The smallest absolute Gasteiger partial charge is 0.0636 e. The average Bonchev–Trinajstić information content (AvgIpc) is 2.64. The number of hydrogen-bond donors (Lipinski definition) is 1. The van der Waals surface area contributed by atoms with Crippen LogP contribution in [-0.2, 0) is 17.6 Å². The third-order valence-corrected chi connectivity index (χ3v) is 4.64. The lowest BCUT2D eigenvalue weighted by atomic mass is 9.82. The van der Waals surface area contributed by atoms with E-state index in [4.69, 9.17) is 4.74 Å². The molecule has 1 aromatic carbocycles. The summed E-state index contributed by atoms with van der Waals surface area (Å²) in [7, 11) is 0. The normalized spacial score (nSPS) is 32.5. The Balaban J connectivity index is 2.01. The monoisotopic (exact) mass is 262 g/mol. The van der Waals surface area contributed by atoms with Gasteiger partial charge in [-0.25, -0.2) is 0 Å². The van der Waals surface area contributed by atoms with Crippen molar-refractivity contribution < 1.29 is 9.84 Å². The molecule has 1 heterocycles. The molecule has 1 saturated heterocycles. The molecule has 0 aromatic heterocycles. The summed E-state index contributed by atoms with van der Waals surface area (Å²) >= 11 is 0. The third kappa shape index (κ3) is 3.18. The van der Waals surface area contributed by atoms with E-state index in [9.17, 15) is 5.11 Å². The summed E-state index contributed by atoms with van der Waals surface area (Å²) in [5.74, 6) is 0.653. The van der Waals surface area contributed by atoms with Gasteiger partial charge in [0.25, 0.3) is 0 Å². The number of aliphatic hydroxyl groups is 1. The fourth-order valence-corrected chi connectivity index (χ4v) is 3.25. The molecule has 0 saturated carbocycles. The molecule has 1 aliphatic heterocycles. The first-order valence-electron chi connectivity index (χ1n) is 7.44. The predicted molar refractivity (Wildman–Crippen MR) is 78.2 cm³/mol. The van der Waals surface area contributed by atoms with Gasteiger partial charge < -0.3 is 9.84 Å². The summed E-state index contributed by atoms with van der Waals surface area (Å²) in [5, 5.41) is 10.5. The van der Waals surface area contributed by atoms with Crippen LogP contribution >= 0.6 is 0 Å². The van der Waals surface area contributed by atoms with E-state index in [1.165, 1.54) is 11.1 Å². The van der Waals surface area contributed by atoms with Gasteiger partial charge in [-0.3, -0.25) is 0 Å². The van der Waals surface area contributed by atoms with Crippen LogP contribution in [0.5, 0.6) is 0 Å². The Kier molecular flexibility index (Phi) is 4.64. The molecule has 5 atom stereocenters.